The summed E-state index contributed by atoms with van der Waals surface area (Å²) >= 11 is 1.57. The molecule has 0 radical (unpaired) electrons. The summed E-state index contributed by atoms with van der Waals surface area (Å²) in [5, 5.41) is 13.8. The largest absolute Gasteiger partial charge is 0.253 e. The van der Waals surface area contributed by atoms with Gasteiger partial charge in [-0.3, -0.25) is 4.72 Å². The lowest BCUT2D eigenvalue weighted by Gasteiger charge is -2.28. The van der Waals surface area contributed by atoms with Crippen LogP contribution in [0.4, 0.5) is 0 Å². The molecule has 6 heteroatoms. The molecule has 2 N–H and O–H groups in total. The number of nitrogens with one attached hydrogen (secondary N) is 2. The maximum Gasteiger partial charge on any atom is 0.167 e. The average molecular weight is 201 g/mol. The maximum atomic E-state index is 3.91. The van der Waals surface area contributed by atoms with Gasteiger partial charge in [-0.1, -0.05) is 32.7 Å². The first-order valence-corrected chi connectivity index (χ1v) is 5.30. The summed E-state index contributed by atoms with van der Waals surface area (Å²) < 4.78 is 3.27. The molecule has 0 fully saturated rings. The molecular weight excluding hydrogens is 186 g/mol. The number of aromatic nitrogens is 4. The van der Waals surface area contributed by atoms with Crippen molar-refractivity contribution in [2.45, 2.75) is 26.8 Å². The van der Waals surface area contributed by atoms with E-state index in [9.17, 15) is 0 Å². The lowest BCUT2D eigenvalue weighted by molar-refractivity contribution is 0.299. The molecule has 0 aromatic carbocycles. The van der Waals surface area contributed by atoms with Gasteiger partial charge in [0.25, 0.3) is 0 Å². The predicted molar refractivity (Wildman–Crippen MR) is 53.0 cm³/mol. The monoisotopic (exact) mass is 201 g/mol. The van der Waals surface area contributed by atoms with Gasteiger partial charge < -0.3 is 0 Å². The maximum absolute atomic E-state index is 3.91. The van der Waals surface area contributed by atoms with Crippen LogP contribution in [0.15, 0.2) is 0 Å². The third-order valence-electron chi connectivity index (χ3n) is 1.74. The zero-order chi connectivity index (χ0) is 9.90. The number of hydrogen-bond acceptors (Lipinski definition) is 5. The number of tetrazole rings is 1. The van der Waals surface area contributed by atoms with Crippen LogP contribution in [0.5, 0.6) is 0 Å². The molecule has 1 aromatic rings. The Bertz CT molecular complexity index is 240. The number of rotatable bonds is 3. The fraction of sp³-hybridized carbons (Fsp3) is 0.857. The molecule has 1 heterocycles. The number of aromatic amines is 1. The minimum absolute atomic E-state index is 0.0875. The third-order valence-corrected chi connectivity index (χ3v) is 2.21. The molecule has 0 aliphatic carbocycles. The van der Waals surface area contributed by atoms with Gasteiger partial charge in [-0.15, -0.1) is 5.10 Å². The van der Waals surface area contributed by atoms with E-state index in [0.717, 1.165) is 5.82 Å². The smallest absolute Gasteiger partial charge is 0.167 e. The fourth-order valence-electron chi connectivity index (χ4n) is 1.05. The minimum Gasteiger partial charge on any atom is -0.253 e. The molecule has 0 aliphatic rings. The van der Waals surface area contributed by atoms with Crippen molar-refractivity contribution in [3.63, 3.8) is 0 Å². The van der Waals surface area contributed by atoms with Gasteiger partial charge in [-0.2, -0.15) is 0 Å². The van der Waals surface area contributed by atoms with Crippen LogP contribution in [0.25, 0.3) is 0 Å². The lowest BCUT2D eigenvalue weighted by atomic mass is 9.87. The molecule has 74 valence electrons. The van der Waals surface area contributed by atoms with Crippen LogP contribution in [0.1, 0.15) is 32.6 Å². The molecule has 0 spiro atoms. The van der Waals surface area contributed by atoms with Crippen LogP contribution in [-0.2, 0) is 0 Å². The quantitative estimate of drug-likeness (QED) is 0.718. The van der Waals surface area contributed by atoms with Crippen molar-refractivity contribution < 1.29 is 0 Å². The van der Waals surface area contributed by atoms with Crippen molar-refractivity contribution in [3.8, 4) is 0 Å². The summed E-state index contributed by atoms with van der Waals surface area (Å²) in [5.74, 6) is 0.779. The van der Waals surface area contributed by atoms with E-state index in [4.69, 9.17) is 0 Å². The molecule has 0 saturated carbocycles. The highest BCUT2D eigenvalue weighted by atomic mass is 32.2. The topological polar surface area (TPSA) is 66.5 Å². The summed E-state index contributed by atoms with van der Waals surface area (Å²) in [6.07, 6.45) is 1.99. The van der Waals surface area contributed by atoms with Gasteiger partial charge in [-0.25, -0.2) is 5.10 Å². The molecule has 1 aromatic heterocycles. The molecule has 0 aliphatic heterocycles. The molecule has 13 heavy (non-hydrogen) atoms. The molecule has 1 rings (SSSR count). The second-order valence-corrected chi connectivity index (χ2v) is 4.55. The van der Waals surface area contributed by atoms with E-state index >= 15 is 0 Å². The van der Waals surface area contributed by atoms with Gasteiger partial charge in [-0.05, 0) is 22.1 Å². The van der Waals surface area contributed by atoms with E-state index < -0.39 is 0 Å². The predicted octanol–water partition coefficient (Wildman–Crippen LogP) is 1.15. The van der Waals surface area contributed by atoms with Gasteiger partial charge in [0.05, 0.1) is 6.04 Å². The summed E-state index contributed by atoms with van der Waals surface area (Å²) in [6, 6.07) is 0.137. The van der Waals surface area contributed by atoms with Crippen molar-refractivity contribution in [1.29, 1.82) is 0 Å². The van der Waals surface area contributed by atoms with Crippen molar-refractivity contribution >= 4 is 11.9 Å². The van der Waals surface area contributed by atoms with Crippen LogP contribution >= 0.6 is 11.9 Å². The number of nitrogens with zero attached hydrogens (tertiary/aromatic N) is 3. The molecule has 5 nitrogen and oxygen atoms in total. The standard InChI is InChI=1S/C7H15N5S/c1-7(2,3)5(10-13-4)6-8-11-12-9-6/h5,10H,1-4H3,(H,8,9,11,12)/t5-/m1/s1. The number of H-pyrrole nitrogens is 1. The lowest BCUT2D eigenvalue weighted by Crippen LogP contribution is -2.29. The highest BCUT2D eigenvalue weighted by Gasteiger charge is 2.28. The molecule has 1 atom stereocenters. The molecule has 0 bridgehead atoms. The molecule has 0 amide bonds. The Morgan fingerprint density at radius 1 is 1.46 bits per heavy atom. The highest BCUT2D eigenvalue weighted by molar-refractivity contribution is 7.96. The SMILES string of the molecule is CSN[C@H](c1nnn[nH]1)C(C)(C)C. The highest BCUT2D eigenvalue weighted by Crippen LogP contribution is 2.31. The Morgan fingerprint density at radius 2 is 2.15 bits per heavy atom. The Kier molecular flexibility index (Phi) is 3.27. The van der Waals surface area contributed by atoms with Crippen LogP contribution < -0.4 is 4.72 Å². The Hall–Kier alpha value is -0.620. The zero-order valence-corrected chi connectivity index (χ0v) is 9.14. The number of hydrogen-bond donors (Lipinski definition) is 2. The van der Waals surface area contributed by atoms with E-state index in [-0.39, 0.29) is 11.5 Å². The normalized spacial score (nSPS) is 14.5. The van der Waals surface area contributed by atoms with E-state index in [0.29, 0.717) is 0 Å². The molecule has 0 saturated heterocycles. The summed E-state index contributed by atoms with van der Waals surface area (Å²) in [5.41, 5.74) is 0.0875. The van der Waals surface area contributed by atoms with Crippen molar-refractivity contribution in [2.24, 2.45) is 5.41 Å². The van der Waals surface area contributed by atoms with Crippen molar-refractivity contribution in [1.82, 2.24) is 25.3 Å². The van der Waals surface area contributed by atoms with Crippen LogP contribution in [0, 0.1) is 5.41 Å². The minimum atomic E-state index is 0.0875. The third kappa shape index (κ3) is 2.67. The average Bonchev–Trinajstić information content (AvgIpc) is 2.49. The van der Waals surface area contributed by atoms with Gasteiger partial charge in [0.1, 0.15) is 0 Å². The van der Waals surface area contributed by atoms with E-state index in [1.807, 2.05) is 6.26 Å². The molecule has 0 unspecified atom stereocenters. The Morgan fingerprint density at radius 3 is 2.54 bits per heavy atom. The first-order chi connectivity index (χ1) is 6.05. The first-order valence-electron chi connectivity index (χ1n) is 4.08. The second-order valence-electron chi connectivity index (χ2n) is 3.91. The van der Waals surface area contributed by atoms with E-state index in [2.05, 4.69) is 46.1 Å². The van der Waals surface area contributed by atoms with Gasteiger partial charge in [0.2, 0.25) is 0 Å². The zero-order valence-electron chi connectivity index (χ0n) is 8.33. The summed E-state index contributed by atoms with van der Waals surface area (Å²) in [4.78, 5) is 0. The van der Waals surface area contributed by atoms with E-state index in [1.54, 1.807) is 11.9 Å². The Labute approximate surface area is 82.2 Å². The Balaban J connectivity index is 2.81. The van der Waals surface area contributed by atoms with Crippen molar-refractivity contribution in [2.75, 3.05) is 6.26 Å². The van der Waals surface area contributed by atoms with Crippen LogP contribution in [0.2, 0.25) is 0 Å². The van der Waals surface area contributed by atoms with Crippen molar-refractivity contribution in [3.05, 3.63) is 5.82 Å². The van der Waals surface area contributed by atoms with Crippen LogP contribution in [0.3, 0.4) is 0 Å². The van der Waals surface area contributed by atoms with Gasteiger partial charge >= 0.3 is 0 Å². The second kappa shape index (κ2) is 4.06. The fourth-order valence-corrected chi connectivity index (χ4v) is 1.75. The first kappa shape index (κ1) is 10.5. The summed E-state index contributed by atoms with van der Waals surface area (Å²) in [6.45, 7) is 6.43. The van der Waals surface area contributed by atoms with Gasteiger partial charge in [0.15, 0.2) is 5.82 Å². The van der Waals surface area contributed by atoms with E-state index in [1.165, 1.54) is 0 Å². The summed E-state index contributed by atoms with van der Waals surface area (Å²) in [7, 11) is 0. The molecular formula is C7H15N5S. The van der Waals surface area contributed by atoms with Gasteiger partial charge in [0, 0.05) is 0 Å². The van der Waals surface area contributed by atoms with Crippen LogP contribution in [-0.4, -0.2) is 26.9 Å².